The van der Waals surface area contributed by atoms with E-state index in [1.54, 1.807) is 53.4 Å². The van der Waals surface area contributed by atoms with Gasteiger partial charge in [-0.15, -0.1) is 29.7 Å². The molecule has 5 nitrogen and oxygen atoms in total. The summed E-state index contributed by atoms with van der Waals surface area (Å²) in [6.45, 7) is 6.64. The van der Waals surface area contributed by atoms with Crippen LogP contribution in [0.5, 0.6) is 11.5 Å². The number of aromatic nitrogens is 4. The van der Waals surface area contributed by atoms with Crippen LogP contribution in [0.2, 0.25) is 0 Å². The van der Waals surface area contributed by atoms with E-state index in [2.05, 4.69) is 86.3 Å². The van der Waals surface area contributed by atoms with Gasteiger partial charge in [-0.05, 0) is 80.1 Å². The van der Waals surface area contributed by atoms with Gasteiger partial charge in [-0.25, -0.2) is 4.98 Å². The first-order valence-corrected chi connectivity index (χ1v) is 19.5. The molecule has 0 saturated heterocycles. The minimum Gasteiger partial charge on any atom is -0.510 e. The molecule has 0 atom stereocenters. The van der Waals surface area contributed by atoms with Gasteiger partial charge in [0.2, 0.25) is 0 Å². The number of hydrogen-bond donors (Lipinski definition) is 0. The van der Waals surface area contributed by atoms with Crippen LogP contribution in [0.1, 0.15) is 40.0 Å². The van der Waals surface area contributed by atoms with Crippen LogP contribution in [-0.4, -0.2) is 14.1 Å². The van der Waals surface area contributed by atoms with E-state index in [-0.39, 0.29) is 54.4 Å². The number of pyridine rings is 1. The smallest absolute Gasteiger partial charge is 0.267 e. The minimum atomic E-state index is -0.569. The Hall–Kier alpha value is -6.81. The Morgan fingerprint density at radius 3 is 2.10 bits per heavy atom. The largest absolute Gasteiger partial charge is 0.510 e. The van der Waals surface area contributed by atoms with Crippen molar-refractivity contribution in [2.24, 2.45) is 5.41 Å². The van der Waals surface area contributed by atoms with Gasteiger partial charge in [0.25, 0.3) is 6.33 Å². The molecule has 0 aliphatic rings. The van der Waals surface area contributed by atoms with Crippen molar-refractivity contribution in [2.75, 3.05) is 0 Å². The molecular formula is C55H42N4OPt-2. The first-order chi connectivity index (χ1) is 33.5. The Balaban J connectivity index is 0.00000624. The normalized spacial score (nSPS) is 13.8. The zero-order valence-electron chi connectivity index (χ0n) is 43.3. The fourth-order valence-electron chi connectivity index (χ4n) is 7.64. The minimum absolute atomic E-state index is 0. The summed E-state index contributed by atoms with van der Waals surface area (Å²) in [5, 5.41) is 2.01. The Labute approximate surface area is 385 Å². The quantitative estimate of drug-likeness (QED) is 0.107. The van der Waals surface area contributed by atoms with Crippen LogP contribution in [0.25, 0.3) is 72.4 Å². The van der Waals surface area contributed by atoms with Gasteiger partial charge in [0.15, 0.2) is 0 Å². The SMILES string of the molecule is [2H]c1c([2H])c([2H])c(-c2cccc(-c3c([2H])c([2H])c([2H])c([2H])c3[2H])c2-[n+]2[c-]n(-c3[c-]c(Oc4[c-]c5c(cc4)c4cc(-c6ccccc6)ccc4n5-c4cc(CC(C)(C)C)ccn4)ccc3)cc2)c([2H])c1[2H].[Pt]. The Bertz CT molecular complexity index is 3590. The molecule has 0 radical (unpaired) electrons. The molecule has 0 aliphatic carbocycles. The Kier molecular flexibility index (Phi) is 8.04. The molecule has 3 heterocycles. The fraction of sp³-hybridized carbons (Fsp3) is 0.0909. The van der Waals surface area contributed by atoms with E-state index in [1.807, 2.05) is 36.5 Å². The van der Waals surface area contributed by atoms with E-state index in [9.17, 15) is 0 Å². The van der Waals surface area contributed by atoms with E-state index in [4.69, 9.17) is 23.4 Å². The van der Waals surface area contributed by atoms with Crippen LogP contribution in [-0.2, 0) is 27.5 Å². The standard InChI is InChI=1S/C55H42N4O.Pt/c1-55(2,3)37-39-29-30-56-53(33-39)59-51-28-25-43(40-15-7-4-8-16-40)34-50(51)49-27-26-46(36-52(49)59)60-45-22-13-21-44(35-45)57-31-32-58(38-57)54-47(41-17-9-5-10-18-41)23-14-24-48(54)42-19-11-6-12-20-42;/h4-34H,37H2,1-3H3;/q-2;/i5D,6D,9D,10D,11D,12D,17D,18D,19D,20D;. The maximum Gasteiger partial charge on any atom is 0.267 e. The van der Waals surface area contributed by atoms with Crippen molar-refractivity contribution in [2.45, 2.75) is 27.2 Å². The molecule has 10 rings (SSSR count). The number of hydrogen-bond acceptors (Lipinski definition) is 2. The van der Waals surface area contributed by atoms with Crippen LogP contribution in [0.3, 0.4) is 0 Å². The van der Waals surface area contributed by atoms with Gasteiger partial charge in [0.05, 0.1) is 19.4 Å². The van der Waals surface area contributed by atoms with Gasteiger partial charge >= 0.3 is 0 Å². The van der Waals surface area contributed by atoms with Crippen LogP contribution in [0.15, 0.2) is 188 Å². The first kappa shape index (κ1) is 29.4. The van der Waals surface area contributed by atoms with Crippen LogP contribution in [0.4, 0.5) is 0 Å². The van der Waals surface area contributed by atoms with Crippen molar-refractivity contribution in [1.82, 2.24) is 14.1 Å². The van der Waals surface area contributed by atoms with Crippen molar-refractivity contribution in [1.29, 1.82) is 0 Å². The number of para-hydroxylation sites is 1. The van der Waals surface area contributed by atoms with Crippen molar-refractivity contribution in [3.8, 4) is 62.1 Å². The second kappa shape index (κ2) is 16.7. The molecule has 0 fully saturated rings. The van der Waals surface area contributed by atoms with E-state index in [0.717, 1.165) is 45.2 Å². The summed E-state index contributed by atoms with van der Waals surface area (Å²) in [4.78, 5) is 4.86. The summed E-state index contributed by atoms with van der Waals surface area (Å²) < 4.78 is 97.5. The number of fused-ring (bicyclic) bond motifs is 3. The van der Waals surface area contributed by atoms with Gasteiger partial charge in [-0.2, -0.15) is 18.2 Å². The maximum atomic E-state index is 8.87. The molecule has 300 valence electrons. The van der Waals surface area contributed by atoms with Gasteiger partial charge in [0, 0.05) is 56.7 Å². The van der Waals surface area contributed by atoms with Gasteiger partial charge in [-0.3, -0.25) is 4.57 Å². The van der Waals surface area contributed by atoms with E-state index in [0.29, 0.717) is 17.2 Å². The molecule has 0 bridgehead atoms. The molecule has 10 aromatic rings. The second-order valence-corrected chi connectivity index (χ2v) is 15.6. The number of ether oxygens (including phenoxy) is 1. The van der Waals surface area contributed by atoms with E-state index in [1.165, 1.54) is 10.1 Å². The molecule has 0 aliphatic heterocycles. The van der Waals surface area contributed by atoms with Crippen LogP contribution in [0, 0.1) is 23.9 Å². The molecule has 0 spiro atoms. The van der Waals surface area contributed by atoms with Crippen LogP contribution < -0.4 is 9.30 Å². The average Bonchev–Trinajstić information content (AvgIpc) is 3.97. The summed E-state index contributed by atoms with van der Waals surface area (Å²) in [5.41, 5.74) is 5.85. The number of imidazole rings is 1. The van der Waals surface area contributed by atoms with Gasteiger partial charge in [0.1, 0.15) is 5.82 Å². The van der Waals surface area contributed by atoms with Crippen molar-refractivity contribution < 1.29 is 44.1 Å². The van der Waals surface area contributed by atoms with Gasteiger partial charge < -0.3 is 13.9 Å². The zero-order valence-corrected chi connectivity index (χ0v) is 35.6. The van der Waals surface area contributed by atoms with Gasteiger partial charge in [-0.1, -0.05) is 147 Å². The number of rotatable bonds is 9. The van der Waals surface area contributed by atoms with Crippen molar-refractivity contribution in [3.63, 3.8) is 0 Å². The van der Waals surface area contributed by atoms with Crippen molar-refractivity contribution >= 4 is 21.8 Å². The molecule has 7 aromatic carbocycles. The molecule has 0 saturated carbocycles. The second-order valence-electron chi connectivity index (χ2n) is 15.6. The fourth-order valence-corrected chi connectivity index (χ4v) is 7.64. The predicted octanol–water partition coefficient (Wildman–Crippen LogP) is 13.0. The Morgan fingerprint density at radius 2 is 1.38 bits per heavy atom. The Morgan fingerprint density at radius 1 is 0.672 bits per heavy atom. The summed E-state index contributed by atoms with van der Waals surface area (Å²) >= 11 is 0. The third-order valence-corrected chi connectivity index (χ3v) is 10.2. The molecule has 61 heavy (non-hydrogen) atoms. The topological polar surface area (TPSA) is 35.9 Å². The maximum absolute atomic E-state index is 8.87. The summed E-state index contributed by atoms with van der Waals surface area (Å²) in [7, 11) is 0. The number of benzene rings is 7. The van der Waals surface area contributed by atoms with Crippen molar-refractivity contribution in [3.05, 3.63) is 212 Å². The zero-order chi connectivity index (χ0) is 49.3. The molecule has 0 unspecified atom stereocenters. The molecule has 0 amide bonds. The monoisotopic (exact) mass is 979 g/mol. The molecule has 3 aromatic heterocycles. The molecule has 6 heteroatoms. The summed E-state index contributed by atoms with van der Waals surface area (Å²) in [6, 6.07) is 36.5. The summed E-state index contributed by atoms with van der Waals surface area (Å²) in [5.74, 6) is 1.55. The molecule has 0 N–H and O–H groups in total. The van der Waals surface area contributed by atoms with E-state index < -0.39 is 60.4 Å². The third-order valence-electron chi connectivity index (χ3n) is 10.2. The predicted molar refractivity (Wildman–Crippen MR) is 242 cm³/mol. The first-order valence-electron chi connectivity index (χ1n) is 24.5. The molecular weight excluding hydrogens is 928 g/mol. The van der Waals surface area contributed by atoms with E-state index >= 15 is 0 Å². The van der Waals surface area contributed by atoms with Crippen LogP contribution >= 0.6 is 0 Å². The third kappa shape index (κ3) is 8.10. The summed E-state index contributed by atoms with van der Waals surface area (Å²) in [6.07, 6.45) is 9.23. The average molecular weight is 980 g/mol. The number of nitrogens with zero attached hydrogens (tertiary/aromatic N) is 4.